The van der Waals surface area contributed by atoms with E-state index in [0.29, 0.717) is 6.42 Å². The summed E-state index contributed by atoms with van der Waals surface area (Å²) in [7, 11) is 0. The predicted octanol–water partition coefficient (Wildman–Crippen LogP) is 0.786. The van der Waals surface area contributed by atoms with Gasteiger partial charge in [-0.3, -0.25) is 4.79 Å². The van der Waals surface area contributed by atoms with Crippen LogP contribution in [0.5, 0.6) is 0 Å². The van der Waals surface area contributed by atoms with Crippen LogP contribution in [0, 0.1) is 5.92 Å². The molecule has 1 unspecified atom stereocenters. The molecule has 3 N–H and O–H groups in total. The van der Waals surface area contributed by atoms with Gasteiger partial charge in [0.2, 0.25) is 5.91 Å². The highest BCUT2D eigenvalue weighted by Gasteiger charge is 2.26. The summed E-state index contributed by atoms with van der Waals surface area (Å²) in [4.78, 5) is 13.0. The van der Waals surface area contributed by atoms with Gasteiger partial charge in [0, 0.05) is 10.8 Å². The summed E-state index contributed by atoms with van der Waals surface area (Å²) >= 11 is 1.62. The van der Waals surface area contributed by atoms with Crippen LogP contribution in [0.3, 0.4) is 0 Å². The highest BCUT2D eigenvalue weighted by Crippen LogP contribution is 2.15. The summed E-state index contributed by atoms with van der Waals surface area (Å²) in [6, 6.07) is 3.95. The first-order chi connectivity index (χ1) is 8.00. The Kier molecular flexibility index (Phi) is 5.11. The fraction of sp³-hybridized carbons (Fsp3) is 0.583. The maximum Gasteiger partial charge on any atom is 0.223 e. The Bertz CT molecular complexity index is 347. The van der Waals surface area contributed by atoms with Crippen LogP contribution in [0.15, 0.2) is 17.5 Å². The number of hydrogen-bond acceptors (Lipinski definition) is 4. The van der Waals surface area contributed by atoms with Gasteiger partial charge in [0.25, 0.3) is 0 Å². The number of carbonyl (C=O) groups is 1. The van der Waals surface area contributed by atoms with Gasteiger partial charge in [0.15, 0.2) is 0 Å². The second-order valence-corrected chi connectivity index (χ2v) is 5.58. The molecule has 0 spiro atoms. The average molecular weight is 257 g/mol. The molecular formula is C12H19NO3S. The molecule has 96 valence electrons. The van der Waals surface area contributed by atoms with Gasteiger partial charge in [-0.25, -0.2) is 0 Å². The van der Waals surface area contributed by atoms with Gasteiger partial charge < -0.3 is 15.5 Å². The van der Waals surface area contributed by atoms with Gasteiger partial charge in [-0.15, -0.1) is 11.3 Å². The van der Waals surface area contributed by atoms with Crippen LogP contribution in [0.4, 0.5) is 0 Å². The van der Waals surface area contributed by atoms with E-state index in [4.69, 9.17) is 10.2 Å². The van der Waals surface area contributed by atoms with Crippen molar-refractivity contribution in [3.05, 3.63) is 22.4 Å². The van der Waals surface area contributed by atoms with Crippen molar-refractivity contribution in [1.82, 2.24) is 5.32 Å². The third-order valence-electron chi connectivity index (χ3n) is 2.66. The molecule has 4 nitrogen and oxygen atoms in total. The largest absolute Gasteiger partial charge is 0.394 e. The van der Waals surface area contributed by atoms with Gasteiger partial charge in [-0.05, 0) is 24.8 Å². The molecule has 0 radical (unpaired) electrons. The number of carbonyl (C=O) groups excluding carboxylic acids is 1. The molecule has 1 atom stereocenters. The third-order valence-corrected chi connectivity index (χ3v) is 3.56. The van der Waals surface area contributed by atoms with Gasteiger partial charge >= 0.3 is 0 Å². The quantitative estimate of drug-likeness (QED) is 0.705. The van der Waals surface area contributed by atoms with E-state index in [0.717, 1.165) is 4.88 Å². The number of aliphatic hydroxyl groups excluding tert-OH is 2. The summed E-state index contributed by atoms with van der Waals surface area (Å²) in [5, 5.41) is 22.8. The van der Waals surface area contributed by atoms with Crippen LogP contribution < -0.4 is 5.32 Å². The lowest BCUT2D eigenvalue weighted by molar-refractivity contribution is -0.127. The lowest BCUT2D eigenvalue weighted by Gasteiger charge is -2.27. The third kappa shape index (κ3) is 4.11. The van der Waals surface area contributed by atoms with Gasteiger partial charge in [0.05, 0.1) is 18.8 Å². The monoisotopic (exact) mass is 257 g/mol. The number of thiophene rings is 1. The van der Waals surface area contributed by atoms with Crippen molar-refractivity contribution < 1.29 is 15.0 Å². The molecule has 1 aromatic heterocycles. The minimum absolute atomic E-state index is 0.149. The van der Waals surface area contributed by atoms with E-state index in [1.165, 1.54) is 0 Å². The number of aliphatic hydroxyl groups is 2. The molecule has 1 rings (SSSR count). The van der Waals surface area contributed by atoms with Crippen LogP contribution >= 0.6 is 11.3 Å². The van der Waals surface area contributed by atoms with Crippen molar-refractivity contribution in [3.63, 3.8) is 0 Å². The summed E-state index contributed by atoms with van der Waals surface area (Å²) in [5.74, 6) is -0.324. The van der Waals surface area contributed by atoms with Crippen molar-refractivity contribution in [3.8, 4) is 0 Å². The smallest absolute Gasteiger partial charge is 0.223 e. The van der Waals surface area contributed by atoms with Crippen molar-refractivity contribution in [1.29, 1.82) is 0 Å². The van der Waals surface area contributed by atoms with Crippen molar-refractivity contribution in [2.75, 3.05) is 13.2 Å². The molecule has 0 saturated heterocycles. The summed E-state index contributed by atoms with van der Waals surface area (Å²) < 4.78 is 0. The molecule has 0 aromatic carbocycles. The highest BCUT2D eigenvalue weighted by molar-refractivity contribution is 7.09. The van der Waals surface area contributed by atoms with Crippen LogP contribution in [0.25, 0.3) is 0 Å². The summed E-state index contributed by atoms with van der Waals surface area (Å²) in [6.45, 7) is 2.90. The SMILES string of the molecule is CC(Cc1cccs1)C(=O)NC(C)(CO)CO. The lowest BCUT2D eigenvalue weighted by Crippen LogP contribution is -2.53. The van der Waals surface area contributed by atoms with E-state index < -0.39 is 5.54 Å². The Morgan fingerprint density at radius 1 is 1.53 bits per heavy atom. The fourth-order valence-corrected chi connectivity index (χ4v) is 2.21. The lowest BCUT2D eigenvalue weighted by atomic mass is 10.0. The minimum atomic E-state index is -0.944. The number of nitrogens with one attached hydrogen (secondary N) is 1. The molecule has 0 aliphatic rings. The first-order valence-corrected chi connectivity index (χ1v) is 6.45. The average Bonchev–Trinajstić information content (AvgIpc) is 2.81. The molecule has 0 fully saturated rings. The summed E-state index contributed by atoms with van der Waals surface area (Å²) in [6.07, 6.45) is 0.677. The van der Waals surface area contributed by atoms with Crippen LogP contribution in [-0.2, 0) is 11.2 Å². The maximum atomic E-state index is 11.9. The first kappa shape index (κ1) is 14.2. The predicted molar refractivity (Wildman–Crippen MR) is 67.9 cm³/mol. The van der Waals surface area contributed by atoms with E-state index >= 15 is 0 Å². The van der Waals surface area contributed by atoms with Crippen molar-refractivity contribution in [2.45, 2.75) is 25.8 Å². The van der Waals surface area contributed by atoms with E-state index in [9.17, 15) is 4.79 Å². The zero-order valence-corrected chi connectivity index (χ0v) is 11.0. The van der Waals surface area contributed by atoms with E-state index in [1.807, 2.05) is 24.4 Å². The molecular weight excluding hydrogens is 238 g/mol. The zero-order valence-electron chi connectivity index (χ0n) is 10.1. The molecule has 0 aliphatic heterocycles. The van der Waals surface area contributed by atoms with E-state index in [1.54, 1.807) is 18.3 Å². The van der Waals surface area contributed by atoms with E-state index in [2.05, 4.69) is 5.32 Å². The Labute approximate surface area is 105 Å². The standard InChI is InChI=1S/C12H19NO3S/c1-9(6-10-4-3-5-17-10)11(16)13-12(2,7-14)8-15/h3-5,9,14-15H,6-8H2,1-2H3,(H,13,16). The number of hydrogen-bond donors (Lipinski definition) is 3. The fourth-order valence-electron chi connectivity index (χ4n) is 1.37. The Hall–Kier alpha value is -0.910. The Balaban J connectivity index is 2.52. The Morgan fingerprint density at radius 3 is 2.65 bits per heavy atom. The molecule has 0 bridgehead atoms. The number of rotatable bonds is 6. The van der Waals surface area contributed by atoms with Crippen molar-refractivity contribution >= 4 is 17.2 Å². The number of amides is 1. The molecule has 1 aromatic rings. The van der Waals surface area contributed by atoms with E-state index in [-0.39, 0.29) is 25.0 Å². The topological polar surface area (TPSA) is 69.6 Å². The molecule has 1 amide bonds. The maximum absolute atomic E-state index is 11.9. The van der Waals surface area contributed by atoms with Crippen LogP contribution in [-0.4, -0.2) is 34.9 Å². The van der Waals surface area contributed by atoms with Crippen molar-refractivity contribution in [2.24, 2.45) is 5.92 Å². The molecule has 5 heteroatoms. The first-order valence-electron chi connectivity index (χ1n) is 5.57. The van der Waals surface area contributed by atoms with Gasteiger partial charge in [-0.1, -0.05) is 13.0 Å². The molecule has 0 aliphatic carbocycles. The zero-order chi connectivity index (χ0) is 12.9. The summed E-state index contributed by atoms with van der Waals surface area (Å²) in [5.41, 5.74) is -0.944. The second kappa shape index (κ2) is 6.14. The van der Waals surface area contributed by atoms with Gasteiger partial charge in [-0.2, -0.15) is 0 Å². The van der Waals surface area contributed by atoms with Crippen LogP contribution in [0.2, 0.25) is 0 Å². The normalized spacial score (nSPS) is 13.4. The molecule has 0 saturated carbocycles. The Morgan fingerprint density at radius 2 is 2.18 bits per heavy atom. The second-order valence-electron chi connectivity index (χ2n) is 4.55. The molecule has 17 heavy (non-hydrogen) atoms. The van der Waals surface area contributed by atoms with Crippen LogP contribution in [0.1, 0.15) is 18.7 Å². The highest BCUT2D eigenvalue weighted by atomic mass is 32.1. The van der Waals surface area contributed by atoms with Gasteiger partial charge in [0.1, 0.15) is 0 Å². The molecule has 1 heterocycles. The minimum Gasteiger partial charge on any atom is -0.394 e.